The van der Waals surface area contributed by atoms with E-state index in [-0.39, 0.29) is 5.82 Å². The molecule has 0 bridgehead atoms. The largest absolute Gasteiger partial charge is 0.496 e. The number of rotatable bonds is 6. The molecule has 0 atom stereocenters. The van der Waals surface area contributed by atoms with Crippen molar-refractivity contribution in [2.24, 2.45) is 0 Å². The highest BCUT2D eigenvalue weighted by atomic mass is 19.1. The number of methoxy groups -OCH3 is 1. The van der Waals surface area contributed by atoms with Crippen LogP contribution in [0.2, 0.25) is 0 Å². The Morgan fingerprint density at radius 2 is 2.00 bits per heavy atom. The minimum atomic E-state index is -0.262. The number of H-pyrrole nitrogens is 1. The lowest BCUT2D eigenvalue weighted by atomic mass is 10.1. The summed E-state index contributed by atoms with van der Waals surface area (Å²) in [6.07, 6.45) is 3.21. The summed E-state index contributed by atoms with van der Waals surface area (Å²) in [5.74, 6) is 1.11. The minimum absolute atomic E-state index is 0.262. The molecule has 0 fully saturated rings. The highest BCUT2D eigenvalue weighted by Crippen LogP contribution is 2.31. The fourth-order valence-electron chi connectivity index (χ4n) is 3.90. The molecule has 5 aromatic rings. The van der Waals surface area contributed by atoms with Crippen LogP contribution in [0.25, 0.3) is 33.2 Å². The van der Waals surface area contributed by atoms with E-state index < -0.39 is 0 Å². The number of hydrogen-bond donors (Lipinski definition) is 2. The molecule has 0 saturated carbocycles. The molecule has 0 amide bonds. The van der Waals surface area contributed by atoms with Gasteiger partial charge in [-0.2, -0.15) is 0 Å². The van der Waals surface area contributed by atoms with E-state index in [1.165, 1.54) is 12.4 Å². The molecule has 0 radical (unpaired) electrons. The number of aryl methyl sites for hydroxylation is 1. The highest BCUT2D eigenvalue weighted by molar-refractivity contribution is 5.88. The number of aromatic amines is 1. The number of anilines is 1. The number of imidazole rings is 1. The van der Waals surface area contributed by atoms with Crippen LogP contribution < -0.4 is 10.1 Å². The Labute approximate surface area is 177 Å². The summed E-state index contributed by atoms with van der Waals surface area (Å²) >= 11 is 0. The lowest BCUT2D eigenvalue weighted by molar-refractivity contribution is 0.419. The van der Waals surface area contributed by atoms with E-state index in [0.29, 0.717) is 30.2 Å². The number of aromatic nitrogens is 5. The summed E-state index contributed by atoms with van der Waals surface area (Å²) in [6.45, 7) is 3.13. The molecule has 7 nitrogen and oxygen atoms in total. The summed E-state index contributed by atoms with van der Waals surface area (Å²) in [7, 11) is 1.59. The lowest BCUT2D eigenvalue weighted by Gasteiger charge is -2.11. The van der Waals surface area contributed by atoms with Crippen molar-refractivity contribution in [2.45, 2.75) is 13.5 Å². The van der Waals surface area contributed by atoms with Gasteiger partial charge in [0.25, 0.3) is 0 Å². The van der Waals surface area contributed by atoms with E-state index in [2.05, 4.69) is 25.3 Å². The van der Waals surface area contributed by atoms with Crippen LogP contribution in [0.1, 0.15) is 5.69 Å². The molecule has 3 heterocycles. The second kappa shape index (κ2) is 7.71. The Balaban J connectivity index is 1.35. The molecular weight excluding hydrogens is 395 g/mol. The molecular formula is C23H21FN6O. The number of fused-ring (bicyclic) bond motifs is 2. The average Bonchev–Trinajstić information content (AvgIpc) is 3.38. The molecule has 0 spiro atoms. The Morgan fingerprint density at radius 1 is 1.10 bits per heavy atom. The Bertz CT molecular complexity index is 1390. The van der Waals surface area contributed by atoms with Crippen molar-refractivity contribution in [2.75, 3.05) is 19.0 Å². The first-order valence-corrected chi connectivity index (χ1v) is 9.96. The SMILES string of the molecule is COc1ccc(F)c2c1cc(C)n2CCNc1cc(-c2ccc3[nH]cnc3c2)ncn1. The molecule has 0 aliphatic rings. The van der Waals surface area contributed by atoms with Gasteiger partial charge in [0, 0.05) is 35.8 Å². The van der Waals surface area contributed by atoms with Crippen LogP contribution >= 0.6 is 0 Å². The van der Waals surface area contributed by atoms with Gasteiger partial charge < -0.3 is 19.6 Å². The predicted octanol–water partition coefficient (Wildman–Crippen LogP) is 4.54. The second-order valence-corrected chi connectivity index (χ2v) is 7.30. The van der Waals surface area contributed by atoms with Crippen LogP contribution in [0.5, 0.6) is 5.75 Å². The van der Waals surface area contributed by atoms with Gasteiger partial charge in [-0.05, 0) is 37.3 Å². The van der Waals surface area contributed by atoms with Crippen molar-refractivity contribution < 1.29 is 9.13 Å². The second-order valence-electron chi connectivity index (χ2n) is 7.30. The predicted molar refractivity (Wildman–Crippen MR) is 119 cm³/mol. The van der Waals surface area contributed by atoms with Crippen molar-refractivity contribution in [1.29, 1.82) is 0 Å². The zero-order chi connectivity index (χ0) is 21.4. The first-order chi connectivity index (χ1) is 15.1. The zero-order valence-corrected chi connectivity index (χ0v) is 17.2. The van der Waals surface area contributed by atoms with Gasteiger partial charge in [-0.15, -0.1) is 0 Å². The first-order valence-electron chi connectivity index (χ1n) is 9.96. The number of ether oxygens (including phenoxy) is 1. The van der Waals surface area contributed by atoms with Crippen LogP contribution in [-0.2, 0) is 6.54 Å². The number of nitrogens with zero attached hydrogens (tertiary/aromatic N) is 4. The van der Waals surface area contributed by atoms with Gasteiger partial charge in [-0.3, -0.25) is 0 Å². The van der Waals surface area contributed by atoms with Crippen LogP contribution in [-0.4, -0.2) is 38.2 Å². The van der Waals surface area contributed by atoms with Crippen molar-refractivity contribution >= 4 is 27.8 Å². The van der Waals surface area contributed by atoms with Gasteiger partial charge in [0.05, 0.1) is 35.7 Å². The third kappa shape index (κ3) is 3.46. The van der Waals surface area contributed by atoms with Crippen molar-refractivity contribution in [1.82, 2.24) is 24.5 Å². The number of benzene rings is 2. The maximum Gasteiger partial charge on any atom is 0.147 e. The standard InChI is InChI=1S/C23H21FN6O/c1-14-9-16-21(31-2)6-4-17(24)23(16)30(14)8-7-25-22-11-19(27-13-29-22)15-3-5-18-20(10-15)28-12-26-18/h3-6,9-13H,7-8H2,1-2H3,(H,26,28)(H,25,27,29). The van der Waals surface area contributed by atoms with E-state index in [9.17, 15) is 4.39 Å². The highest BCUT2D eigenvalue weighted by Gasteiger charge is 2.14. The topological polar surface area (TPSA) is 80.6 Å². The fraction of sp³-hybridized carbons (Fsp3) is 0.174. The number of halogens is 1. The normalized spacial score (nSPS) is 11.3. The molecule has 156 valence electrons. The third-order valence-corrected chi connectivity index (χ3v) is 5.42. The van der Waals surface area contributed by atoms with E-state index in [0.717, 1.165) is 33.4 Å². The summed E-state index contributed by atoms with van der Waals surface area (Å²) in [5.41, 5.74) is 5.16. The molecule has 8 heteroatoms. The molecule has 0 aliphatic carbocycles. The van der Waals surface area contributed by atoms with E-state index >= 15 is 0 Å². The molecule has 0 saturated heterocycles. The van der Waals surface area contributed by atoms with Gasteiger partial charge in [0.2, 0.25) is 0 Å². The van der Waals surface area contributed by atoms with Crippen molar-refractivity contribution in [3.8, 4) is 17.0 Å². The molecule has 5 rings (SSSR count). The van der Waals surface area contributed by atoms with Crippen molar-refractivity contribution in [3.05, 3.63) is 66.6 Å². The van der Waals surface area contributed by atoms with Crippen LogP contribution in [0.3, 0.4) is 0 Å². The van der Waals surface area contributed by atoms with Gasteiger partial charge in [-0.1, -0.05) is 6.07 Å². The molecule has 0 aliphatic heterocycles. The Hall–Kier alpha value is -3.94. The quantitative estimate of drug-likeness (QED) is 0.425. The zero-order valence-electron chi connectivity index (χ0n) is 17.2. The maximum atomic E-state index is 14.5. The lowest BCUT2D eigenvalue weighted by Crippen LogP contribution is -2.13. The molecule has 2 aromatic carbocycles. The minimum Gasteiger partial charge on any atom is -0.496 e. The van der Waals surface area contributed by atoms with Gasteiger partial charge in [-0.25, -0.2) is 19.3 Å². The van der Waals surface area contributed by atoms with Crippen molar-refractivity contribution in [3.63, 3.8) is 0 Å². The Kier molecular flexibility index (Phi) is 4.74. The molecule has 0 unspecified atom stereocenters. The van der Waals surface area contributed by atoms with Crippen LogP contribution in [0.15, 0.2) is 55.1 Å². The summed E-state index contributed by atoms with van der Waals surface area (Å²) in [4.78, 5) is 16.1. The molecule has 3 aromatic heterocycles. The van der Waals surface area contributed by atoms with Gasteiger partial charge in [0.1, 0.15) is 23.7 Å². The fourth-order valence-corrected chi connectivity index (χ4v) is 3.90. The van der Waals surface area contributed by atoms with Crippen LogP contribution in [0.4, 0.5) is 10.2 Å². The van der Waals surface area contributed by atoms with Gasteiger partial charge >= 0.3 is 0 Å². The number of hydrogen-bond acceptors (Lipinski definition) is 5. The van der Waals surface area contributed by atoms with Gasteiger partial charge in [0.15, 0.2) is 0 Å². The summed E-state index contributed by atoms with van der Waals surface area (Å²) in [5, 5.41) is 4.09. The maximum absolute atomic E-state index is 14.5. The monoisotopic (exact) mass is 416 g/mol. The van der Waals surface area contributed by atoms with E-state index in [1.807, 2.05) is 41.8 Å². The van der Waals surface area contributed by atoms with E-state index in [4.69, 9.17) is 4.74 Å². The first kappa shape index (κ1) is 19.0. The Morgan fingerprint density at radius 3 is 2.87 bits per heavy atom. The molecule has 2 N–H and O–H groups in total. The number of nitrogens with one attached hydrogen (secondary N) is 2. The average molecular weight is 416 g/mol. The summed E-state index contributed by atoms with van der Waals surface area (Å²) < 4.78 is 21.9. The summed E-state index contributed by atoms with van der Waals surface area (Å²) in [6, 6.07) is 12.9. The van der Waals surface area contributed by atoms with E-state index in [1.54, 1.807) is 19.5 Å². The third-order valence-electron chi connectivity index (χ3n) is 5.42. The smallest absolute Gasteiger partial charge is 0.147 e. The van der Waals surface area contributed by atoms with Crippen LogP contribution in [0, 0.1) is 12.7 Å². The molecule has 31 heavy (non-hydrogen) atoms.